The first-order chi connectivity index (χ1) is 6.65. The Hall–Kier alpha value is -0.940. The van der Waals surface area contributed by atoms with Crippen molar-refractivity contribution in [2.45, 2.75) is 32.9 Å². The van der Waals surface area contributed by atoms with Gasteiger partial charge in [-0.1, -0.05) is 13.8 Å². The minimum absolute atomic E-state index is 0.454. The molecule has 5 nitrogen and oxygen atoms in total. The van der Waals surface area contributed by atoms with Crippen LogP contribution < -0.4 is 5.73 Å². The molecule has 1 atom stereocenters. The van der Waals surface area contributed by atoms with Gasteiger partial charge in [0.1, 0.15) is 12.4 Å². The molecule has 5 heteroatoms. The molecule has 0 radical (unpaired) electrons. The Kier molecular flexibility index (Phi) is 4.03. The molecule has 0 bridgehead atoms. The summed E-state index contributed by atoms with van der Waals surface area (Å²) in [4.78, 5) is 0. The van der Waals surface area contributed by atoms with Crippen LogP contribution in [0.4, 0.5) is 0 Å². The van der Waals surface area contributed by atoms with E-state index in [4.69, 9.17) is 5.73 Å². The van der Waals surface area contributed by atoms with Gasteiger partial charge in [-0.2, -0.15) is 0 Å². The molecular formula is C9H18N4O. The maximum Gasteiger partial charge on any atom is 0.161 e. The van der Waals surface area contributed by atoms with Crippen molar-refractivity contribution in [3.8, 4) is 0 Å². The standard InChI is InChI=1S/C9H18N4O/c1-7(2)5-13-6-11-12-9(13)8(14)3-4-10/h6-8,14H,3-5,10H2,1-2H3. The highest BCUT2D eigenvalue weighted by atomic mass is 16.3. The van der Waals surface area contributed by atoms with E-state index in [-0.39, 0.29) is 0 Å². The third-order valence-corrected chi connectivity index (χ3v) is 1.95. The van der Waals surface area contributed by atoms with Crippen LogP contribution in [0.25, 0.3) is 0 Å². The lowest BCUT2D eigenvalue weighted by Crippen LogP contribution is -2.14. The van der Waals surface area contributed by atoms with Gasteiger partial charge < -0.3 is 15.4 Å². The quantitative estimate of drug-likeness (QED) is 0.714. The normalized spacial score (nSPS) is 13.5. The van der Waals surface area contributed by atoms with Crippen LogP contribution >= 0.6 is 0 Å². The molecule has 1 heterocycles. The molecule has 0 fully saturated rings. The van der Waals surface area contributed by atoms with E-state index < -0.39 is 6.10 Å². The van der Waals surface area contributed by atoms with Gasteiger partial charge in [-0.3, -0.25) is 0 Å². The smallest absolute Gasteiger partial charge is 0.161 e. The van der Waals surface area contributed by atoms with Gasteiger partial charge in [0, 0.05) is 6.54 Å². The highest BCUT2D eigenvalue weighted by Gasteiger charge is 2.14. The number of nitrogens with zero attached hydrogens (tertiary/aromatic N) is 3. The molecule has 0 aliphatic heterocycles. The zero-order valence-corrected chi connectivity index (χ0v) is 8.72. The molecule has 1 aromatic heterocycles. The molecule has 80 valence electrons. The summed E-state index contributed by atoms with van der Waals surface area (Å²) in [6, 6.07) is 0. The second kappa shape index (κ2) is 5.07. The van der Waals surface area contributed by atoms with Crippen LogP contribution in [0.1, 0.15) is 32.2 Å². The maximum atomic E-state index is 9.70. The van der Waals surface area contributed by atoms with E-state index in [0.29, 0.717) is 24.7 Å². The van der Waals surface area contributed by atoms with Crippen molar-refractivity contribution in [3.63, 3.8) is 0 Å². The number of aliphatic hydroxyl groups excluding tert-OH is 1. The van der Waals surface area contributed by atoms with Crippen molar-refractivity contribution < 1.29 is 5.11 Å². The van der Waals surface area contributed by atoms with Crippen LogP contribution in [-0.2, 0) is 6.54 Å². The van der Waals surface area contributed by atoms with E-state index in [9.17, 15) is 5.11 Å². The number of rotatable bonds is 5. The van der Waals surface area contributed by atoms with Crippen LogP contribution in [0.15, 0.2) is 6.33 Å². The predicted molar refractivity (Wildman–Crippen MR) is 53.5 cm³/mol. The van der Waals surface area contributed by atoms with E-state index in [1.165, 1.54) is 0 Å². The minimum Gasteiger partial charge on any atom is -0.385 e. The number of hydrogen-bond donors (Lipinski definition) is 2. The minimum atomic E-state index is -0.596. The van der Waals surface area contributed by atoms with Gasteiger partial charge in [0.15, 0.2) is 5.82 Å². The second-order valence-electron chi connectivity index (χ2n) is 3.83. The van der Waals surface area contributed by atoms with Gasteiger partial charge in [0.2, 0.25) is 0 Å². The van der Waals surface area contributed by atoms with Crippen molar-refractivity contribution in [2.75, 3.05) is 6.54 Å². The van der Waals surface area contributed by atoms with E-state index in [0.717, 1.165) is 6.54 Å². The zero-order valence-electron chi connectivity index (χ0n) is 8.72. The van der Waals surface area contributed by atoms with Gasteiger partial charge in [-0.15, -0.1) is 10.2 Å². The summed E-state index contributed by atoms with van der Waals surface area (Å²) < 4.78 is 1.88. The summed E-state index contributed by atoms with van der Waals surface area (Å²) in [5.41, 5.74) is 5.37. The zero-order chi connectivity index (χ0) is 10.6. The van der Waals surface area contributed by atoms with Crippen LogP contribution in [0.5, 0.6) is 0 Å². The summed E-state index contributed by atoms with van der Waals surface area (Å²) in [5, 5.41) is 17.4. The highest BCUT2D eigenvalue weighted by molar-refractivity contribution is 4.91. The van der Waals surface area contributed by atoms with Gasteiger partial charge in [0.25, 0.3) is 0 Å². The molecule has 0 spiro atoms. The van der Waals surface area contributed by atoms with Crippen LogP contribution in [0.2, 0.25) is 0 Å². The summed E-state index contributed by atoms with van der Waals surface area (Å²) in [7, 11) is 0. The molecule has 3 N–H and O–H groups in total. The van der Waals surface area contributed by atoms with Crippen molar-refractivity contribution in [3.05, 3.63) is 12.2 Å². The molecule has 0 saturated carbocycles. The van der Waals surface area contributed by atoms with Crippen LogP contribution in [0.3, 0.4) is 0 Å². The topological polar surface area (TPSA) is 77.0 Å². The first-order valence-electron chi connectivity index (χ1n) is 4.91. The summed E-state index contributed by atoms with van der Waals surface area (Å²) in [6.45, 7) is 5.50. The second-order valence-corrected chi connectivity index (χ2v) is 3.83. The Morgan fingerprint density at radius 3 is 2.86 bits per heavy atom. The Labute approximate surface area is 83.9 Å². The fourth-order valence-corrected chi connectivity index (χ4v) is 1.34. The largest absolute Gasteiger partial charge is 0.385 e. The lowest BCUT2D eigenvalue weighted by molar-refractivity contribution is 0.154. The monoisotopic (exact) mass is 198 g/mol. The molecule has 0 saturated heterocycles. The fraction of sp³-hybridized carbons (Fsp3) is 0.778. The highest BCUT2D eigenvalue weighted by Crippen LogP contribution is 2.13. The Morgan fingerprint density at radius 2 is 2.29 bits per heavy atom. The average molecular weight is 198 g/mol. The molecule has 1 aromatic rings. The third-order valence-electron chi connectivity index (χ3n) is 1.95. The Balaban J connectivity index is 2.70. The van der Waals surface area contributed by atoms with E-state index >= 15 is 0 Å². The molecule has 1 rings (SSSR count). The predicted octanol–water partition coefficient (Wildman–Crippen LogP) is 0.316. The van der Waals surface area contributed by atoms with Gasteiger partial charge in [0.05, 0.1) is 0 Å². The van der Waals surface area contributed by atoms with Crippen molar-refractivity contribution in [2.24, 2.45) is 11.7 Å². The molecule has 0 aliphatic carbocycles. The maximum absolute atomic E-state index is 9.70. The lowest BCUT2D eigenvalue weighted by Gasteiger charge is -2.12. The number of aromatic nitrogens is 3. The average Bonchev–Trinajstić information content (AvgIpc) is 2.51. The molecule has 0 aliphatic rings. The van der Waals surface area contributed by atoms with Gasteiger partial charge in [-0.05, 0) is 18.9 Å². The van der Waals surface area contributed by atoms with Crippen LogP contribution in [-0.4, -0.2) is 26.4 Å². The van der Waals surface area contributed by atoms with E-state index in [2.05, 4.69) is 24.0 Å². The van der Waals surface area contributed by atoms with Crippen molar-refractivity contribution in [1.29, 1.82) is 0 Å². The molecular weight excluding hydrogens is 180 g/mol. The van der Waals surface area contributed by atoms with E-state index in [1.807, 2.05) is 4.57 Å². The van der Waals surface area contributed by atoms with Crippen LogP contribution in [0, 0.1) is 5.92 Å². The SMILES string of the molecule is CC(C)Cn1cnnc1C(O)CCN. The number of aliphatic hydroxyl groups is 1. The third kappa shape index (κ3) is 2.78. The number of nitrogens with two attached hydrogens (primary N) is 1. The Bertz CT molecular complexity index is 272. The first-order valence-corrected chi connectivity index (χ1v) is 4.91. The first kappa shape index (κ1) is 11.1. The number of hydrogen-bond acceptors (Lipinski definition) is 4. The van der Waals surface area contributed by atoms with Gasteiger partial charge in [-0.25, -0.2) is 0 Å². The lowest BCUT2D eigenvalue weighted by atomic mass is 10.2. The molecule has 1 unspecified atom stereocenters. The summed E-state index contributed by atoms with van der Waals surface area (Å²) >= 11 is 0. The van der Waals surface area contributed by atoms with Crippen molar-refractivity contribution in [1.82, 2.24) is 14.8 Å². The van der Waals surface area contributed by atoms with Gasteiger partial charge >= 0.3 is 0 Å². The van der Waals surface area contributed by atoms with E-state index in [1.54, 1.807) is 6.33 Å². The molecule has 0 amide bonds. The molecule has 14 heavy (non-hydrogen) atoms. The summed E-state index contributed by atoms with van der Waals surface area (Å²) in [5.74, 6) is 1.12. The molecule has 0 aromatic carbocycles. The fourth-order valence-electron chi connectivity index (χ4n) is 1.34. The summed E-state index contributed by atoms with van der Waals surface area (Å²) in [6.07, 6.45) is 1.58. The Morgan fingerprint density at radius 1 is 1.57 bits per heavy atom. The van der Waals surface area contributed by atoms with Crippen molar-refractivity contribution >= 4 is 0 Å².